The highest BCUT2D eigenvalue weighted by Gasteiger charge is 2.10. The molecule has 8 heavy (non-hydrogen) atoms. The summed E-state index contributed by atoms with van der Waals surface area (Å²) >= 11 is 0. The second-order valence-electron chi connectivity index (χ2n) is 2.13. The summed E-state index contributed by atoms with van der Waals surface area (Å²) in [4.78, 5) is 4.09. The van der Waals surface area contributed by atoms with E-state index in [1.807, 2.05) is 7.05 Å². The van der Waals surface area contributed by atoms with E-state index in [4.69, 9.17) is 0 Å². The number of hydrogen-bond donors (Lipinski definition) is 0. The van der Waals surface area contributed by atoms with E-state index in [0.717, 1.165) is 12.8 Å². The van der Waals surface area contributed by atoms with Crippen LogP contribution in [0.15, 0.2) is 17.1 Å². The van der Waals surface area contributed by atoms with Crippen molar-refractivity contribution in [2.24, 2.45) is 4.99 Å². The van der Waals surface area contributed by atoms with Gasteiger partial charge in [-0.3, -0.25) is 4.99 Å². The normalized spacial score (nSPS) is 25.1. The van der Waals surface area contributed by atoms with E-state index >= 15 is 0 Å². The molecule has 0 aromatic rings. The molecule has 0 bridgehead atoms. The van der Waals surface area contributed by atoms with Crippen LogP contribution in [0.4, 0.5) is 0 Å². The Labute approximate surface area is 50.1 Å². The molecule has 0 N–H and O–H groups in total. The van der Waals surface area contributed by atoms with Crippen molar-refractivity contribution in [3.63, 3.8) is 0 Å². The average Bonchev–Trinajstić information content (AvgIpc) is 2.14. The number of aliphatic imine (C=N–C) groups is 1. The minimum absolute atomic E-state index is 1.15. The van der Waals surface area contributed by atoms with Gasteiger partial charge in [-0.05, 0) is 24.8 Å². The molecule has 1 aliphatic carbocycles. The van der Waals surface area contributed by atoms with Gasteiger partial charge in [0.25, 0.3) is 0 Å². The fraction of sp³-hybridized carbons (Fsp3) is 0.571. The lowest BCUT2D eigenvalue weighted by molar-refractivity contribution is 0.948. The molecule has 1 heteroatoms. The molecule has 1 fully saturated rings. The van der Waals surface area contributed by atoms with Crippen molar-refractivity contribution >= 4 is 5.71 Å². The molecule has 44 valence electrons. The molecule has 1 rings (SSSR count). The molecule has 0 aromatic heterocycles. The molecule has 0 amide bonds. The molecule has 0 aromatic carbocycles. The van der Waals surface area contributed by atoms with E-state index in [1.54, 1.807) is 0 Å². The van der Waals surface area contributed by atoms with Crippen LogP contribution in [-0.4, -0.2) is 12.8 Å². The monoisotopic (exact) mass is 109 g/mol. The summed E-state index contributed by atoms with van der Waals surface area (Å²) in [6, 6.07) is 0. The van der Waals surface area contributed by atoms with Crippen LogP contribution in [0.1, 0.15) is 19.3 Å². The van der Waals surface area contributed by atoms with Crippen molar-refractivity contribution < 1.29 is 0 Å². The van der Waals surface area contributed by atoms with Crippen LogP contribution in [0, 0.1) is 0 Å². The highest BCUT2D eigenvalue weighted by molar-refractivity contribution is 6.01. The van der Waals surface area contributed by atoms with Crippen molar-refractivity contribution in [2.45, 2.75) is 19.3 Å². The molecule has 0 spiro atoms. The summed E-state index contributed by atoms with van der Waals surface area (Å²) in [6.45, 7) is 3.88. The Kier molecular flexibility index (Phi) is 1.47. The maximum Gasteiger partial charge on any atom is 0.0371 e. The minimum atomic E-state index is 1.15. The molecular formula is C7H11N. The summed E-state index contributed by atoms with van der Waals surface area (Å²) in [5.41, 5.74) is 2.47. The molecular weight excluding hydrogens is 98.1 g/mol. The van der Waals surface area contributed by atoms with Gasteiger partial charge in [-0.2, -0.15) is 0 Å². The van der Waals surface area contributed by atoms with E-state index in [9.17, 15) is 0 Å². The molecule has 1 aliphatic rings. The Hall–Kier alpha value is -0.590. The first-order chi connectivity index (χ1) is 3.84. The first kappa shape index (κ1) is 5.54. The summed E-state index contributed by atoms with van der Waals surface area (Å²) in [5.74, 6) is 0. The van der Waals surface area contributed by atoms with Crippen LogP contribution < -0.4 is 0 Å². The Morgan fingerprint density at radius 2 is 2.25 bits per heavy atom. The van der Waals surface area contributed by atoms with Crippen molar-refractivity contribution in [1.82, 2.24) is 0 Å². The molecule has 0 radical (unpaired) electrons. The minimum Gasteiger partial charge on any atom is -0.293 e. The SMILES string of the molecule is C=C1CCC/C1=N/C. The zero-order valence-corrected chi connectivity index (χ0v) is 5.28. The quantitative estimate of drug-likeness (QED) is 0.449. The highest BCUT2D eigenvalue weighted by atomic mass is 14.7. The fourth-order valence-corrected chi connectivity index (χ4v) is 1.06. The number of nitrogens with zero attached hydrogens (tertiary/aromatic N) is 1. The van der Waals surface area contributed by atoms with Crippen LogP contribution in [0.3, 0.4) is 0 Å². The van der Waals surface area contributed by atoms with E-state index in [1.165, 1.54) is 17.7 Å². The summed E-state index contributed by atoms with van der Waals surface area (Å²) in [6.07, 6.45) is 3.56. The lowest BCUT2D eigenvalue weighted by atomic mass is 10.2. The highest BCUT2D eigenvalue weighted by Crippen LogP contribution is 2.18. The fourth-order valence-electron chi connectivity index (χ4n) is 1.06. The van der Waals surface area contributed by atoms with Crippen molar-refractivity contribution in [1.29, 1.82) is 0 Å². The van der Waals surface area contributed by atoms with Crippen LogP contribution >= 0.6 is 0 Å². The molecule has 0 heterocycles. The summed E-state index contributed by atoms with van der Waals surface area (Å²) in [7, 11) is 1.84. The Balaban J connectivity index is 2.69. The zero-order valence-electron chi connectivity index (χ0n) is 5.28. The smallest absolute Gasteiger partial charge is 0.0371 e. The van der Waals surface area contributed by atoms with Gasteiger partial charge in [0.2, 0.25) is 0 Å². The maximum atomic E-state index is 4.09. The number of hydrogen-bond acceptors (Lipinski definition) is 1. The van der Waals surface area contributed by atoms with Crippen molar-refractivity contribution in [2.75, 3.05) is 7.05 Å². The first-order valence-corrected chi connectivity index (χ1v) is 2.98. The third-order valence-electron chi connectivity index (χ3n) is 1.57. The third-order valence-corrected chi connectivity index (χ3v) is 1.57. The van der Waals surface area contributed by atoms with Gasteiger partial charge in [0.15, 0.2) is 0 Å². The van der Waals surface area contributed by atoms with Gasteiger partial charge < -0.3 is 0 Å². The Morgan fingerprint density at radius 1 is 1.50 bits per heavy atom. The van der Waals surface area contributed by atoms with Crippen molar-refractivity contribution in [3.8, 4) is 0 Å². The second kappa shape index (κ2) is 2.12. The van der Waals surface area contributed by atoms with Gasteiger partial charge >= 0.3 is 0 Å². The van der Waals surface area contributed by atoms with Crippen LogP contribution in [0.5, 0.6) is 0 Å². The van der Waals surface area contributed by atoms with Crippen molar-refractivity contribution in [3.05, 3.63) is 12.2 Å². The zero-order chi connectivity index (χ0) is 5.98. The van der Waals surface area contributed by atoms with Crippen LogP contribution in [-0.2, 0) is 0 Å². The lowest BCUT2D eigenvalue weighted by Gasteiger charge is -1.90. The Morgan fingerprint density at radius 3 is 2.50 bits per heavy atom. The maximum absolute atomic E-state index is 4.09. The van der Waals surface area contributed by atoms with Gasteiger partial charge in [0.05, 0.1) is 0 Å². The Bertz CT molecular complexity index is 133. The summed E-state index contributed by atoms with van der Waals surface area (Å²) < 4.78 is 0. The standard InChI is InChI=1S/C7H11N/c1-6-4-3-5-7(6)8-2/h1,3-5H2,2H3/b8-7-. The lowest BCUT2D eigenvalue weighted by Crippen LogP contribution is -1.89. The molecule has 1 saturated carbocycles. The molecule has 0 saturated heterocycles. The summed E-state index contributed by atoms with van der Waals surface area (Å²) in [5, 5.41) is 0. The van der Waals surface area contributed by atoms with E-state index in [-0.39, 0.29) is 0 Å². The van der Waals surface area contributed by atoms with Gasteiger partial charge in [0, 0.05) is 12.8 Å². The largest absolute Gasteiger partial charge is 0.293 e. The van der Waals surface area contributed by atoms with Gasteiger partial charge in [-0.25, -0.2) is 0 Å². The first-order valence-electron chi connectivity index (χ1n) is 2.98. The van der Waals surface area contributed by atoms with Gasteiger partial charge in [-0.1, -0.05) is 6.58 Å². The van der Waals surface area contributed by atoms with E-state index in [2.05, 4.69) is 11.6 Å². The molecule has 0 atom stereocenters. The van der Waals surface area contributed by atoms with Gasteiger partial charge in [0.1, 0.15) is 0 Å². The third kappa shape index (κ3) is 0.808. The second-order valence-corrected chi connectivity index (χ2v) is 2.13. The molecule has 0 unspecified atom stereocenters. The predicted octanol–water partition coefficient (Wildman–Crippen LogP) is 1.80. The van der Waals surface area contributed by atoms with E-state index in [0.29, 0.717) is 0 Å². The van der Waals surface area contributed by atoms with Crippen LogP contribution in [0.2, 0.25) is 0 Å². The topological polar surface area (TPSA) is 12.4 Å². The number of rotatable bonds is 0. The molecule has 1 nitrogen and oxygen atoms in total. The van der Waals surface area contributed by atoms with Crippen LogP contribution in [0.25, 0.3) is 0 Å². The predicted molar refractivity (Wildman–Crippen MR) is 36.4 cm³/mol. The van der Waals surface area contributed by atoms with E-state index < -0.39 is 0 Å². The average molecular weight is 109 g/mol. The molecule has 0 aliphatic heterocycles. The van der Waals surface area contributed by atoms with Gasteiger partial charge in [-0.15, -0.1) is 0 Å². The number of allylic oxidation sites excluding steroid dienone is 1.